The Labute approximate surface area is 164 Å². The van der Waals surface area contributed by atoms with Gasteiger partial charge in [-0.3, -0.25) is 9.59 Å². The molecule has 2 aromatic rings. The molecule has 1 aliphatic carbocycles. The highest BCUT2D eigenvalue weighted by molar-refractivity contribution is 6.05. The number of rotatable bonds is 5. The molecule has 146 valence electrons. The summed E-state index contributed by atoms with van der Waals surface area (Å²) in [4.78, 5) is 37.0. The smallest absolute Gasteiger partial charge is 0.329 e. The molecule has 0 aromatic heterocycles. The van der Waals surface area contributed by atoms with Crippen molar-refractivity contribution in [2.24, 2.45) is 0 Å². The quantitative estimate of drug-likeness (QED) is 0.736. The van der Waals surface area contributed by atoms with Crippen LogP contribution < -0.4 is 10.6 Å². The monoisotopic (exact) mass is 380 g/mol. The average molecular weight is 380 g/mol. The van der Waals surface area contributed by atoms with E-state index < -0.39 is 17.4 Å². The molecular weight excluding hydrogens is 356 g/mol. The molecule has 0 unspecified atom stereocenters. The van der Waals surface area contributed by atoms with Crippen LogP contribution >= 0.6 is 0 Å². The highest BCUT2D eigenvalue weighted by atomic mass is 16.4. The van der Waals surface area contributed by atoms with E-state index in [0.717, 1.165) is 24.8 Å². The second-order valence-electron chi connectivity index (χ2n) is 7.25. The normalized spacial score (nSPS) is 15.5. The van der Waals surface area contributed by atoms with Crippen LogP contribution in [0.4, 0.5) is 5.69 Å². The molecule has 1 aliphatic rings. The lowest BCUT2D eigenvalue weighted by Crippen LogP contribution is -2.55. The van der Waals surface area contributed by atoms with Crippen LogP contribution in [0.25, 0.3) is 0 Å². The zero-order chi connectivity index (χ0) is 20.1. The lowest BCUT2D eigenvalue weighted by Gasteiger charge is -2.34. The Bertz CT molecular complexity index is 887. The number of benzene rings is 2. The van der Waals surface area contributed by atoms with Crippen LogP contribution in [0.5, 0.6) is 0 Å². The Morgan fingerprint density at radius 1 is 0.893 bits per heavy atom. The van der Waals surface area contributed by atoms with E-state index in [-0.39, 0.29) is 5.91 Å². The van der Waals surface area contributed by atoms with Crippen molar-refractivity contribution in [2.75, 3.05) is 5.32 Å². The molecule has 0 saturated heterocycles. The average Bonchev–Trinajstić information content (AvgIpc) is 2.70. The zero-order valence-corrected chi connectivity index (χ0v) is 15.8. The van der Waals surface area contributed by atoms with Gasteiger partial charge in [-0.1, -0.05) is 43.5 Å². The highest BCUT2D eigenvalue weighted by Gasteiger charge is 2.41. The largest absolute Gasteiger partial charge is 0.480 e. The van der Waals surface area contributed by atoms with Gasteiger partial charge in [0.15, 0.2) is 0 Å². The van der Waals surface area contributed by atoms with Crippen LogP contribution in [-0.2, 0) is 4.79 Å². The molecule has 28 heavy (non-hydrogen) atoms. The Balaban J connectivity index is 1.79. The maximum absolute atomic E-state index is 12.8. The molecule has 6 nitrogen and oxygen atoms in total. The topological polar surface area (TPSA) is 95.5 Å². The van der Waals surface area contributed by atoms with Crippen molar-refractivity contribution in [3.8, 4) is 0 Å². The van der Waals surface area contributed by atoms with Gasteiger partial charge in [-0.05, 0) is 49.6 Å². The number of anilines is 1. The van der Waals surface area contributed by atoms with Crippen LogP contribution in [0, 0.1) is 6.92 Å². The highest BCUT2D eigenvalue weighted by Crippen LogP contribution is 2.29. The number of amides is 2. The number of aliphatic carboxylic acids is 1. The third kappa shape index (κ3) is 4.22. The van der Waals surface area contributed by atoms with Gasteiger partial charge in [0.2, 0.25) is 0 Å². The summed E-state index contributed by atoms with van der Waals surface area (Å²) in [7, 11) is 0. The standard InChI is InChI=1S/C22H24N2O4/c1-15-10-11-17(14-18(15)23-19(25)16-8-4-2-5-9-16)20(26)24-22(21(27)28)12-6-3-7-13-22/h2,4-5,8-11,14H,3,6-7,12-13H2,1H3,(H,23,25)(H,24,26)(H,27,28). The molecule has 1 saturated carbocycles. The number of carbonyl (C=O) groups excluding carboxylic acids is 2. The Hall–Kier alpha value is -3.15. The van der Waals surface area contributed by atoms with E-state index in [4.69, 9.17) is 0 Å². The first-order chi connectivity index (χ1) is 13.4. The van der Waals surface area contributed by atoms with E-state index in [9.17, 15) is 19.5 Å². The molecular formula is C22H24N2O4. The first kappa shape index (κ1) is 19.6. The maximum atomic E-state index is 12.8. The van der Waals surface area contributed by atoms with Crippen molar-refractivity contribution in [1.29, 1.82) is 0 Å². The van der Waals surface area contributed by atoms with Crippen LogP contribution in [0.3, 0.4) is 0 Å². The van der Waals surface area contributed by atoms with Gasteiger partial charge < -0.3 is 15.7 Å². The number of nitrogens with one attached hydrogen (secondary N) is 2. The van der Waals surface area contributed by atoms with Gasteiger partial charge in [-0.2, -0.15) is 0 Å². The number of carbonyl (C=O) groups is 3. The van der Waals surface area contributed by atoms with Crippen LogP contribution in [0.1, 0.15) is 58.4 Å². The minimum absolute atomic E-state index is 0.268. The molecule has 0 atom stereocenters. The number of aryl methyl sites for hydroxylation is 1. The summed E-state index contributed by atoms with van der Waals surface area (Å²) >= 11 is 0. The van der Waals surface area contributed by atoms with E-state index >= 15 is 0 Å². The summed E-state index contributed by atoms with van der Waals surface area (Å²) in [5, 5.41) is 15.2. The summed E-state index contributed by atoms with van der Waals surface area (Å²) < 4.78 is 0. The molecule has 0 spiro atoms. The Morgan fingerprint density at radius 3 is 2.21 bits per heavy atom. The molecule has 2 amide bonds. The molecule has 6 heteroatoms. The summed E-state index contributed by atoms with van der Waals surface area (Å²) in [6, 6.07) is 13.8. The molecule has 0 heterocycles. The van der Waals surface area contributed by atoms with E-state index in [1.54, 1.807) is 42.5 Å². The van der Waals surface area contributed by atoms with E-state index in [1.165, 1.54) is 0 Å². The maximum Gasteiger partial charge on any atom is 0.329 e. The predicted molar refractivity (Wildman–Crippen MR) is 106 cm³/mol. The van der Waals surface area contributed by atoms with Crippen molar-refractivity contribution < 1.29 is 19.5 Å². The minimum atomic E-state index is -1.21. The van der Waals surface area contributed by atoms with Crippen molar-refractivity contribution in [3.05, 3.63) is 65.2 Å². The first-order valence-electron chi connectivity index (χ1n) is 9.44. The first-order valence-corrected chi connectivity index (χ1v) is 9.44. The molecule has 0 aliphatic heterocycles. The van der Waals surface area contributed by atoms with Gasteiger partial charge in [-0.25, -0.2) is 4.79 Å². The van der Waals surface area contributed by atoms with Gasteiger partial charge in [0, 0.05) is 16.8 Å². The van der Waals surface area contributed by atoms with Crippen molar-refractivity contribution >= 4 is 23.5 Å². The molecule has 2 aromatic carbocycles. The van der Waals surface area contributed by atoms with E-state index in [2.05, 4.69) is 10.6 Å². The SMILES string of the molecule is Cc1ccc(C(=O)NC2(C(=O)O)CCCCC2)cc1NC(=O)c1ccccc1. The fourth-order valence-electron chi connectivity index (χ4n) is 3.52. The lowest BCUT2D eigenvalue weighted by atomic mass is 9.81. The molecule has 0 radical (unpaired) electrons. The van der Waals surface area contributed by atoms with E-state index in [1.807, 2.05) is 13.0 Å². The van der Waals surface area contributed by atoms with Gasteiger partial charge in [-0.15, -0.1) is 0 Å². The van der Waals surface area contributed by atoms with Gasteiger partial charge in [0.1, 0.15) is 5.54 Å². The van der Waals surface area contributed by atoms with Gasteiger partial charge in [0.05, 0.1) is 0 Å². The van der Waals surface area contributed by atoms with E-state index in [0.29, 0.717) is 29.7 Å². The predicted octanol–water partition coefficient (Wildman–Crippen LogP) is 3.76. The molecule has 3 rings (SSSR count). The minimum Gasteiger partial charge on any atom is -0.480 e. The third-order valence-electron chi connectivity index (χ3n) is 5.25. The van der Waals surface area contributed by atoms with Crippen molar-refractivity contribution in [3.63, 3.8) is 0 Å². The lowest BCUT2D eigenvalue weighted by molar-refractivity contribution is -0.145. The Morgan fingerprint density at radius 2 is 1.57 bits per heavy atom. The summed E-state index contributed by atoms with van der Waals surface area (Å²) in [5.74, 6) is -1.71. The van der Waals surface area contributed by atoms with Gasteiger partial charge in [0.25, 0.3) is 11.8 Å². The summed E-state index contributed by atoms with van der Waals surface area (Å²) in [6.07, 6.45) is 3.39. The van der Waals surface area contributed by atoms with Crippen LogP contribution in [-0.4, -0.2) is 28.4 Å². The summed E-state index contributed by atoms with van der Waals surface area (Å²) in [5.41, 5.74) is 0.957. The van der Waals surface area contributed by atoms with Gasteiger partial charge >= 0.3 is 5.97 Å². The third-order valence-corrected chi connectivity index (χ3v) is 5.25. The van der Waals surface area contributed by atoms with Crippen LogP contribution in [0.15, 0.2) is 48.5 Å². The molecule has 1 fully saturated rings. The second-order valence-corrected chi connectivity index (χ2v) is 7.25. The van der Waals surface area contributed by atoms with Crippen LogP contribution in [0.2, 0.25) is 0 Å². The summed E-state index contributed by atoms with van der Waals surface area (Å²) in [6.45, 7) is 1.84. The number of carboxylic acids is 1. The number of hydrogen-bond acceptors (Lipinski definition) is 3. The molecule has 3 N–H and O–H groups in total. The molecule has 0 bridgehead atoms. The number of carboxylic acid groups (broad SMARTS) is 1. The fourth-order valence-corrected chi connectivity index (χ4v) is 3.52. The van der Waals surface area contributed by atoms with Crippen molar-refractivity contribution in [2.45, 2.75) is 44.6 Å². The van der Waals surface area contributed by atoms with Crippen molar-refractivity contribution in [1.82, 2.24) is 5.32 Å². The fraction of sp³-hybridized carbons (Fsp3) is 0.318. The second kappa shape index (κ2) is 8.25. The zero-order valence-electron chi connectivity index (χ0n) is 15.8. The number of hydrogen-bond donors (Lipinski definition) is 3. The Kier molecular flexibility index (Phi) is 5.78.